The lowest BCUT2D eigenvalue weighted by Crippen LogP contribution is -2.32. The number of nitrogens with one attached hydrogen (secondary N) is 1. The van der Waals surface area contributed by atoms with Crippen LogP contribution in [-0.2, 0) is 33.3 Å². The lowest BCUT2D eigenvalue weighted by molar-refractivity contribution is -0.194. The van der Waals surface area contributed by atoms with Crippen molar-refractivity contribution < 1.29 is 38.4 Å². The lowest BCUT2D eigenvalue weighted by Gasteiger charge is -2.21. The van der Waals surface area contributed by atoms with Crippen LogP contribution >= 0.6 is 9.18 Å². The molecule has 0 saturated carbocycles. The Bertz CT molecular complexity index is 408. The van der Waals surface area contributed by atoms with Crippen molar-refractivity contribution in [1.82, 2.24) is 5.32 Å². The van der Waals surface area contributed by atoms with E-state index in [0.29, 0.717) is 6.42 Å². The van der Waals surface area contributed by atoms with Gasteiger partial charge in [0.15, 0.2) is 6.29 Å². The fraction of sp³-hybridized carbons (Fsp3) is 0.786. The number of amides is 1. The normalized spacial score (nSPS) is 14.0. The van der Waals surface area contributed by atoms with E-state index in [4.69, 9.17) is 20.6 Å². The zero-order chi connectivity index (χ0) is 19.1. The molecule has 0 fully saturated rings. The summed E-state index contributed by atoms with van der Waals surface area (Å²) < 4.78 is 26.8. The predicted molar refractivity (Wildman–Crippen MR) is 86.9 cm³/mol. The molecule has 140 valence electrons. The Morgan fingerprint density at radius 2 is 2.00 bits per heavy atom. The standard InChI is InChI=1S/C14H26NO8P/c1-3-10(7-16)23-14(20-2)8-21-12(18)5-4-11(17)15-6-13(19)22-9-24/h10,14,16H,3-9,24H2,1-2H3,(H,15,17)/i24T. The Labute approximate surface area is 144 Å². The van der Waals surface area contributed by atoms with Crippen molar-refractivity contribution in [3.63, 3.8) is 0 Å². The molecule has 0 saturated heterocycles. The first kappa shape index (κ1) is 20.8. The molecule has 2 N–H and O–H groups in total. The zero-order valence-corrected chi connectivity index (χ0v) is 14.9. The van der Waals surface area contributed by atoms with E-state index in [0.717, 1.165) is 0 Å². The number of hydrogen-bond donors (Lipinski definition) is 2. The molecule has 0 aliphatic heterocycles. The van der Waals surface area contributed by atoms with Crippen molar-refractivity contribution in [2.75, 3.05) is 33.2 Å². The van der Waals surface area contributed by atoms with E-state index in [9.17, 15) is 14.4 Å². The van der Waals surface area contributed by atoms with Crippen LogP contribution < -0.4 is 5.32 Å². The van der Waals surface area contributed by atoms with Gasteiger partial charge in [0, 0.05) is 13.5 Å². The quantitative estimate of drug-likeness (QED) is 0.240. The molecule has 0 aromatic carbocycles. The lowest BCUT2D eigenvalue weighted by atomic mass is 10.3. The summed E-state index contributed by atoms with van der Waals surface area (Å²) in [6.07, 6.45) is -0.942. The van der Waals surface area contributed by atoms with Gasteiger partial charge in [-0.05, 0) is 6.42 Å². The van der Waals surface area contributed by atoms with Gasteiger partial charge >= 0.3 is 11.9 Å². The highest BCUT2D eigenvalue weighted by atomic mass is 31.0. The molecule has 3 atom stereocenters. The second-order valence-electron chi connectivity index (χ2n) is 4.63. The van der Waals surface area contributed by atoms with Crippen LogP contribution in [0, 0.1) is 0 Å². The maximum absolute atomic E-state index is 11.6. The summed E-state index contributed by atoms with van der Waals surface area (Å²) in [6, 6.07) is 0. The summed E-state index contributed by atoms with van der Waals surface area (Å²) >= 11 is 0. The first-order valence-corrected chi connectivity index (χ1v) is 8.19. The molecule has 0 aromatic rings. The Hall–Kier alpha value is -1.28. The summed E-state index contributed by atoms with van der Waals surface area (Å²) in [4.78, 5) is 34.2. The van der Waals surface area contributed by atoms with E-state index in [1.807, 2.05) is 6.92 Å². The van der Waals surface area contributed by atoms with Crippen molar-refractivity contribution in [3.05, 3.63) is 0 Å². The number of aliphatic hydroxyl groups excluding tert-OH is 1. The van der Waals surface area contributed by atoms with Gasteiger partial charge < -0.3 is 29.4 Å². The third kappa shape index (κ3) is 11.3. The Kier molecular flexibility index (Phi) is 12.2. The van der Waals surface area contributed by atoms with Gasteiger partial charge in [0.1, 0.15) is 19.5 Å². The maximum Gasteiger partial charge on any atom is 0.325 e. The smallest absolute Gasteiger partial charge is 0.325 e. The van der Waals surface area contributed by atoms with Gasteiger partial charge in [0.25, 0.3) is 0 Å². The summed E-state index contributed by atoms with van der Waals surface area (Å²) in [5, 5.41) is 11.4. The Morgan fingerprint density at radius 1 is 1.25 bits per heavy atom. The average Bonchev–Trinajstić information content (AvgIpc) is 2.63. The van der Waals surface area contributed by atoms with E-state index in [1.165, 1.54) is 7.11 Å². The van der Waals surface area contributed by atoms with Gasteiger partial charge in [-0.15, -0.1) is 0 Å². The van der Waals surface area contributed by atoms with Crippen LogP contribution in [0.25, 0.3) is 0 Å². The minimum atomic E-state index is -0.803. The van der Waals surface area contributed by atoms with Gasteiger partial charge in [0.05, 0.1) is 20.4 Å². The maximum atomic E-state index is 11.6. The van der Waals surface area contributed by atoms with E-state index in [2.05, 4.69) is 10.1 Å². The molecule has 24 heavy (non-hydrogen) atoms. The molecular formula is C14H26NO8P. The highest BCUT2D eigenvalue weighted by molar-refractivity contribution is 7.16. The van der Waals surface area contributed by atoms with Crippen LogP contribution in [0.4, 0.5) is 0 Å². The minimum absolute atomic E-state index is 0.00105. The molecule has 0 aliphatic carbocycles. The first-order valence-electron chi connectivity index (χ1n) is 7.98. The zero-order valence-electron chi connectivity index (χ0n) is 14.9. The molecule has 0 aromatic heterocycles. The van der Waals surface area contributed by atoms with Crippen LogP contribution in [0.2, 0.25) is 0 Å². The summed E-state index contributed by atoms with van der Waals surface area (Å²) in [7, 11) is 1.13. The number of ether oxygens (including phenoxy) is 4. The molecule has 0 heterocycles. The first-order chi connectivity index (χ1) is 12.0. The summed E-state index contributed by atoms with van der Waals surface area (Å²) in [5.41, 5.74) is 0. The number of carbonyl (C=O) groups is 3. The average molecular weight is 369 g/mol. The van der Waals surface area contributed by atoms with Gasteiger partial charge in [0.2, 0.25) is 5.91 Å². The van der Waals surface area contributed by atoms with Crippen molar-refractivity contribution in [3.8, 4) is 0 Å². The Balaban J connectivity index is 3.94. The van der Waals surface area contributed by atoms with E-state index >= 15 is 0 Å². The van der Waals surface area contributed by atoms with Gasteiger partial charge in [-0.2, -0.15) is 0 Å². The minimum Gasteiger partial charge on any atom is -0.460 e. The SMILES string of the molecule is [3H]PCOC(=O)CNC(=O)CCC(=O)OCC(OC)OC(CC)CO. The topological polar surface area (TPSA) is 120 Å². The predicted octanol–water partition coefficient (Wildman–Crippen LogP) is -0.438. The van der Waals surface area contributed by atoms with Crippen LogP contribution in [0.1, 0.15) is 26.2 Å². The van der Waals surface area contributed by atoms with Crippen molar-refractivity contribution in [1.29, 1.82) is 1.28 Å². The molecule has 9 nitrogen and oxygen atoms in total. The summed E-state index contributed by atoms with van der Waals surface area (Å²) in [5.74, 6) is -1.74. The second kappa shape index (κ2) is 14.1. The van der Waals surface area contributed by atoms with Crippen molar-refractivity contribution in [2.24, 2.45) is 0 Å². The van der Waals surface area contributed by atoms with E-state index < -0.39 is 30.2 Å². The fourth-order valence-electron chi connectivity index (χ4n) is 1.49. The molecule has 1 amide bonds. The van der Waals surface area contributed by atoms with Gasteiger partial charge in [-0.25, -0.2) is 0 Å². The van der Waals surface area contributed by atoms with Crippen molar-refractivity contribution in [2.45, 2.75) is 38.6 Å². The van der Waals surface area contributed by atoms with Gasteiger partial charge in [-0.1, -0.05) is 16.1 Å². The van der Waals surface area contributed by atoms with Crippen LogP contribution in [-0.4, -0.2) is 69.8 Å². The van der Waals surface area contributed by atoms with Crippen molar-refractivity contribution >= 4 is 27.0 Å². The van der Waals surface area contributed by atoms with Crippen LogP contribution in [0.5, 0.6) is 0 Å². The number of esters is 2. The third-order valence-corrected chi connectivity index (χ3v) is 3.01. The van der Waals surface area contributed by atoms with Crippen LogP contribution in [0.15, 0.2) is 0 Å². The molecule has 0 radical (unpaired) electrons. The monoisotopic (exact) mass is 369 g/mol. The number of carbonyl (C=O) groups excluding carboxylic acids is 3. The van der Waals surface area contributed by atoms with E-state index in [-0.39, 0.29) is 48.1 Å². The highest BCUT2D eigenvalue weighted by Gasteiger charge is 2.17. The van der Waals surface area contributed by atoms with Crippen LogP contribution in [0.3, 0.4) is 0 Å². The fourth-order valence-corrected chi connectivity index (χ4v) is 1.65. The third-order valence-electron chi connectivity index (χ3n) is 2.87. The van der Waals surface area contributed by atoms with Gasteiger partial charge in [-0.3, -0.25) is 14.4 Å². The molecule has 10 heteroatoms. The number of methoxy groups -OCH3 is 1. The number of rotatable bonds is 14. The second-order valence-corrected chi connectivity index (χ2v) is 4.92. The molecule has 3 unspecified atom stereocenters. The molecule has 0 spiro atoms. The number of hydrogen-bond acceptors (Lipinski definition) is 8. The van der Waals surface area contributed by atoms with E-state index in [1.54, 1.807) is 0 Å². The largest absolute Gasteiger partial charge is 0.460 e. The highest BCUT2D eigenvalue weighted by Crippen LogP contribution is 2.05. The summed E-state index contributed by atoms with van der Waals surface area (Å²) in [6.45, 7) is 1.20. The molecule has 0 bridgehead atoms. The molecule has 0 rings (SSSR count). The Morgan fingerprint density at radius 3 is 2.58 bits per heavy atom. The number of aliphatic hydroxyl groups is 1. The molecule has 0 aliphatic rings. The molecular weight excluding hydrogens is 341 g/mol.